The van der Waals surface area contributed by atoms with Crippen LogP contribution in [0.5, 0.6) is 0 Å². The molecular formula is C17H17N3O2. The second-order valence-electron chi connectivity index (χ2n) is 4.91. The van der Waals surface area contributed by atoms with Gasteiger partial charge in [-0.25, -0.2) is 4.79 Å². The smallest absolute Gasteiger partial charge is 0.321 e. The van der Waals surface area contributed by atoms with E-state index in [1.807, 2.05) is 44.2 Å². The summed E-state index contributed by atoms with van der Waals surface area (Å²) in [5.74, 6) is -0.454. The molecule has 0 aliphatic rings. The van der Waals surface area contributed by atoms with Crippen molar-refractivity contribution in [1.29, 1.82) is 0 Å². The van der Waals surface area contributed by atoms with Crippen molar-refractivity contribution in [2.45, 2.75) is 13.8 Å². The maximum absolute atomic E-state index is 11.7. The topological polar surface area (TPSA) is 70.6 Å². The second-order valence-corrected chi connectivity index (χ2v) is 4.91. The van der Waals surface area contributed by atoms with Crippen LogP contribution in [0.2, 0.25) is 0 Å². The van der Waals surface area contributed by atoms with Gasteiger partial charge in [0.2, 0.25) is 0 Å². The molecule has 2 aromatic rings. The van der Waals surface area contributed by atoms with Gasteiger partial charge in [0.15, 0.2) is 0 Å². The monoisotopic (exact) mass is 295 g/mol. The average Bonchev–Trinajstić information content (AvgIpc) is 2.48. The quantitative estimate of drug-likeness (QED) is 0.850. The molecule has 5 nitrogen and oxygen atoms in total. The number of benzene rings is 2. The van der Waals surface area contributed by atoms with Gasteiger partial charge in [-0.1, -0.05) is 29.8 Å². The maximum atomic E-state index is 11.7. The molecule has 5 heteroatoms. The van der Waals surface area contributed by atoms with E-state index in [2.05, 4.69) is 15.6 Å². The first-order chi connectivity index (χ1) is 10.5. The Bertz CT molecular complexity index is 706. The van der Waals surface area contributed by atoms with Gasteiger partial charge in [-0.05, 0) is 43.7 Å². The van der Waals surface area contributed by atoms with E-state index in [1.54, 1.807) is 18.2 Å². The van der Waals surface area contributed by atoms with Gasteiger partial charge in [0, 0.05) is 11.4 Å². The van der Waals surface area contributed by atoms with E-state index in [0.717, 1.165) is 17.3 Å². The summed E-state index contributed by atoms with van der Waals surface area (Å²) < 4.78 is 0. The third-order valence-electron chi connectivity index (χ3n) is 2.89. The molecule has 0 heterocycles. The summed E-state index contributed by atoms with van der Waals surface area (Å²) in [4.78, 5) is 26.9. The molecular weight excluding hydrogens is 278 g/mol. The minimum Gasteiger partial charge on any atom is -0.321 e. The van der Waals surface area contributed by atoms with Gasteiger partial charge in [-0.2, -0.15) is 4.99 Å². The van der Waals surface area contributed by atoms with Crippen LogP contribution in [0.1, 0.15) is 11.1 Å². The third-order valence-corrected chi connectivity index (χ3v) is 2.89. The minimum atomic E-state index is -0.594. The van der Waals surface area contributed by atoms with Crippen molar-refractivity contribution in [3.05, 3.63) is 59.7 Å². The zero-order chi connectivity index (χ0) is 15.9. The number of rotatable bonds is 3. The lowest BCUT2D eigenvalue weighted by Gasteiger charge is -2.03. The lowest BCUT2D eigenvalue weighted by molar-refractivity contribution is -0.109. The lowest BCUT2D eigenvalue weighted by atomic mass is 10.2. The van der Waals surface area contributed by atoms with Crippen LogP contribution in [0.3, 0.4) is 0 Å². The van der Waals surface area contributed by atoms with Crippen LogP contribution in [0.4, 0.5) is 16.2 Å². The normalized spacial score (nSPS) is 10.5. The molecule has 0 radical (unpaired) electrons. The number of hydrogen-bond acceptors (Lipinski definition) is 2. The number of urea groups is 1. The van der Waals surface area contributed by atoms with Crippen molar-refractivity contribution in [2.24, 2.45) is 4.99 Å². The van der Waals surface area contributed by atoms with Crippen LogP contribution in [0, 0.1) is 13.8 Å². The summed E-state index contributed by atoms with van der Waals surface area (Å²) in [6.45, 7) is 3.89. The minimum absolute atomic E-state index is 0.454. The Morgan fingerprint density at radius 1 is 0.909 bits per heavy atom. The van der Waals surface area contributed by atoms with E-state index in [9.17, 15) is 9.59 Å². The molecule has 3 amide bonds. The Morgan fingerprint density at radius 2 is 1.64 bits per heavy atom. The zero-order valence-electron chi connectivity index (χ0n) is 12.5. The number of anilines is 2. The highest BCUT2D eigenvalue weighted by molar-refractivity contribution is 6.33. The number of aliphatic imine (C=N–C) groups is 1. The number of hydrogen-bond donors (Lipinski definition) is 2. The lowest BCUT2D eigenvalue weighted by Crippen LogP contribution is -2.15. The number of carbonyl (C=O) groups excluding carboxylic acids is 2. The molecule has 0 bridgehead atoms. The van der Waals surface area contributed by atoms with Gasteiger partial charge in [-0.3, -0.25) is 4.79 Å². The van der Waals surface area contributed by atoms with Gasteiger partial charge >= 0.3 is 6.03 Å². The molecule has 2 N–H and O–H groups in total. The fourth-order valence-corrected chi connectivity index (χ4v) is 1.81. The van der Waals surface area contributed by atoms with Crippen LogP contribution in [-0.2, 0) is 4.79 Å². The number of nitrogens with zero attached hydrogens (tertiary/aromatic N) is 1. The number of nitrogens with one attached hydrogen (secondary N) is 2. The highest BCUT2D eigenvalue weighted by Crippen LogP contribution is 2.09. The van der Waals surface area contributed by atoms with Crippen molar-refractivity contribution in [2.75, 3.05) is 10.6 Å². The summed E-state index contributed by atoms with van der Waals surface area (Å²) in [5, 5.41) is 5.22. The Balaban J connectivity index is 1.89. The van der Waals surface area contributed by atoms with E-state index < -0.39 is 11.9 Å². The van der Waals surface area contributed by atoms with Crippen LogP contribution in [0.15, 0.2) is 53.5 Å². The number of aryl methyl sites for hydroxylation is 2. The Kier molecular flexibility index (Phi) is 5.03. The van der Waals surface area contributed by atoms with Crippen LogP contribution >= 0.6 is 0 Å². The Hall–Kier alpha value is -2.95. The highest BCUT2D eigenvalue weighted by Gasteiger charge is 2.02. The standard InChI is InChI=1S/C17H17N3O2/c1-12-6-8-14(9-7-12)20-17(22)18-11-16(21)19-15-5-3-4-13(2)10-15/h3-11H,1-2H3,(H,19,21)(H,20,22)/b18-11+. The van der Waals surface area contributed by atoms with E-state index in [0.29, 0.717) is 11.4 Å². The SMILES string of the molecule is Cc1ccc(NC(=O)/N=C/C(=O)Nc2cccc(C)c2)cc1. The van der Waals surface area contributed by atoms with E-state index in [1.165, 1.54) is 0 Å². The first-order valence-corrected chi connectivity index (χ1v) is 6.82. The van der Waals surface area contributed by atoms with Crippen LogP contribution < -0.4 is 10.6 Å². The van der Waals surface area contributed by atoms with Crippen LogP contribution in [-0.4, -0.2) is 18.2 Å². The molecule has 0 saturated carbocycles. The van der Waals surface area contributed by atoms with E-state index in [-0.39, 0.29) is 0 Å². The maximum Gasteiger partial charge on any atom is 0.345 e. The van der Waals surface area contributed by atoms with Gasteiger partial charge in [0.25, 0.3) is 5.91 Å². The van der Waals surface area contributed by atoms with Crippen LogP contribution in [0.25, 0.3) is 0 Å². The number of carbonyl (C=O) groups is 2. The van der Waals surface area contributed by atoms with Gasteiger partial charge in [0.05, 0.1) is 6.21 Å². The molecule has 0 atom stereocenters. The van der Waals surface area contributed by atoms with E-state index in [4.69, 9.17) is 0 Å². The summed E-state index contributed by atoms with van der Waals surface area (Å²) >= 11 is 0. The zero-order valence-corrected chi connectivity index (χ0v) is 12.5. The highest BCUT2D eigenvalue weighted by atomic mass is 16.2. The second kappa shape index (κ2) is 7.17. The molecule has 2 aromatic carbocycles. The summed E-state index contributed by atoms with van der Waals surface area (Å²) in [6, 6.07) is 14.1. The first kappa shape index (κ1) is 15.4. The first-order valence-electron chi connectivity index (χ1n) is 6.82. The third kappa shape index (κ3) is 4.86. The molecule has 0 fully saturated rings. The Morgan fingerprint density at radius 3 is 2.32 bits per heavy atom. The largest absolute Gasteiger partial charge is 0.345 e. The van der Waals surface area contributed by atoms with Crippen molar-refractivity contribution in [3.8, 4) is 0 Å². The molecule has 112 valence electrons. The van der Waals surface area contributed by atoms with Gasteiger partial charge < -0.3 is 10.6 Å². The summed E-state index contributed by atoms with van der Waals surface area (Å²) in [5.41, 5.74) is 3.42. The summed E-state index contributed by atoms with van der Waals surface area (Å²) in [7, 11) is 0. The van der Waals surface area contributed by atoms with Crippen molar-refractivity contribution < 1.29 is 9.59 Å². The molecule has 0 aliphatic carbocycles. The predicted molar refractivity (Wildman–Crippen MR) is 88.5 cm³/mol. The van der Waals surface area contributed by atoms with Crippen molar-refractivity contribution in [3.63, 3.8) is 0 Å². The molecule has 0 unspecified atom stereocenters. The van der Waals surface area contributed by atoms with Gasteiger partial charge in [0.1, 0.15) is 0 Å². The van der Waals surface area contributed by atoms with Crippen molar-refractivity contribution in [1.82, 2.24) is 0 Å². The molecule has 0 saturated heterocycles. The predicted octanol–water partition coefficient (Wildman–Crippen LogP) is 3.54. The molecule has 22 heavy (non-hydrogen) atoms. The fraction of sp³-hybridized carbons (Fsp3) is 0.118. The average molecular weight is 295 g/mol. The van der Waals surface area contributed by atoms with Gasteiger partial charge in [-0.15, -0.1) is 0 Å². The van der Waals surface area contributed by atoms with Crippen molar-refractivity contribution >= 4 is 29.5 Å². The molecule has 0 aromatic heterocycles. The molecule has 2 rings (SSSR count). The number of amides is 3. The molecule has 0 aliphatic heterocycles. The fourth-order valence-electron chi connectivity index (χ4n) is 1.81. The van der Waals surface area contributed by atoms with E-state index >= 15 is 0 Å². The Labute approximate surface area is 129 Å². The summed E-state index contributed by atoms with van der Waals surface area (Å²) in [6.07, 6.45) is 0.964. The molecule has 0 spiro atoms.